The molecule has 234 valence electrons. The Morgan fingerprint density at radius 3 is 2.36 bits per heavy atom. The molecule has 0 radical (unpaired) electrons. The first-order valence-electron chi connectivity index (χ1n) is 15.7. The number of halogens is 1. The van der Waals surface area contributed by atoms with E-state index >= 15 is 0 Å². The molecule has 4 aromatic rings. The van der Waals surface area contributed by atoms with Gasteiger partial charge in [0.05, 0.1) is 10.6 Å². The van der Waals surface area contributed by atoms with Crippen LogP contribution in [0.5, 0.6) is 0 Å². The van der Waals surface area contributed by atoms with Crippen LogP contribution in [0.3, 0.4) is 0 Å². The van der Waals surface area contributed by atoms with Crippen LogP contribution in [-0.2, 0) is 32.6 Å². The van der Waals surface area contributed by atoms with E-state index in [-0.39, 0.29) is 55.1 Å². The van der Waals surface area contributed by atoms with Gasteiger partial charge in [0.25, 0.3) is 10.0 Å². The number of nitrogens with zero attached hydrogens (tertiary/aromatic N) is 2. The second-order valence-electron chi connectivity index (χ2n) is 12.0. The van der Waals surface area contributed by atoms with Crippen molar-refractivity contribution in [3.05, 3.63) is 108 Å². The molecule has 0 aromatic heterocycles. The smallest absolute Gasteiger partial charge is 0.265 e. The molecule has 1 aliphatic carbocycles. The number of amides is 2. The molecule has 7 nitrogen and oxygen atoms in total. The normalized spacial score (nSPS) is 16.4. The number of carbonyl (C=O) groups excluding carboxylic acids is 2. The molecule has 1 aliphatic heterocycles. The number of sulfonamides is 1. The standard InChI is InChI=1S/C36H38FN3O4S/c37-30-19-8-7-14-28(30)25-39(32(24-26-12-3-1-4-13-26)36(42)38-29-17-5-2-6-18-29)34(41)22-11-23-40-31-20-9-15-27-16-10-21-33(35(27)31)45(40,43)44/h1,3-4,7-10,12-16,19-21,29,32H,2,5-6,11,17-18,22-25H2,(H,38,42). The van der Waals surface area contributed by atoms with Gasteiger partial charge in [-0.15, -0.1) is 0 Å². The lowest BCUT2D eigenvalue weighted by molar-refractivity contribution is -0.141. The van der Waals surface area contributed by atoms with E-state index in [2.05, 4.69) is 5.32 Å². The van der Waals surface area contributed by atoms with Crippen molar-refractivity contribution in [2.24, 2.45) is 0 Å². The topological polar surface area (TPSA) is 86.8 Å². The van der Waals surface area contributed by atoms with Crippen LogP contribution in [0.4, 0.5) is 10.1 Å². The molecule has 45 heavy (non-hydrogen) atoms. The van der Waals surface area contributed by atoms with Gasteiger partial charge < -0.3 is 10.2 Å². The molecule has 6 rings (SSSR count). The van der Waals surface area contributed by atoms with Crippen molar-refractivity contribution >= 4 is 38.3 Å². The number of anilines is 1. The molecule has 1 unspecified atom stereocenters. The number of hydrogen-bond acceptors (Lipinski definition) is 4. The summed E-state index contributed by atoms with van der Waals surface area (Å²) in [5.41, 5.74) is 1.81. The third-order valence-electron chi connectivity index (χ3n) is 8.95. The van der Waals surface area contributed by atoms with E-state index in [0.717, 1.165) is 43.1 Å². The van der Waals surface area contributed by atoms with Crippen molar-refractivity contribution in [2.45, 2.75) is 74.9 Å². The van der Waals surface area contributed by atoms with E-state index in [0.29, 0.717) is 16.6 Å². The van der Waals surface area contributed by atoms with Crippen molar-refractivity contribution in [3.63, 3.8) is 0 Å². The summed E-state index contributed by atoms with van der Waals surface area (Å²) in [6, 6.07) is 25.7. The molecule has 4 aromatic carbocycles. The van der Waals surface area contributed by atoms with Crippen LogP contribution in [0.2, 0.25) is 0 Å². The predicted octanol–water partition coefficient (Wildman–Crippen LogP) is 6.36. The fraction of sp³-hybridized carbons (Fsp3) is 0.333. The third-order valence-corrected chi connectivity index (χ3v) is 10.8. The average Bonchev–Trinajstić information content (AvgIpc) is 3.27. The van der Waals surface area contributed by atoms with Gasteiger partial charge in [-0.05, 0) is 48.4 Å². The lowest BCUT2D eigenvalue weighted by Crippen LogP contribution is -2.53. The monoisotopic (exact) mass is 627 g/mol. The highest BCUT2D eigenvalue weighted by atomic mass is 32.2. The Kier molecular flexibility index (Phi) is 9.16. The van der Waals surface area contributed by atoms with E-state index < -0.39 is 21.9 Å². The molecule has 0 saturated heterocycles. The van der Waals surface area contributed by atoms with Crippen molar-refractivity contribution < 1.29 is 22.4 Å². The largest absolute Gasteiger partial charge is 0.352 e. The zero-order valence-electron chi connectivity index (χ0n) is 25.2. The molecular formula is C36H38FN3O4S. The van der Waals surface area contributed by atoms with Gasteiger partial charge in [-0.3, -0.25) is 13.9 Å². The van der Waals surface area contributed by atoms with E-state index in [9.17, 15) is 22.4 Å². The zero-order chi connectivity index (χ0) is 31.4. The molecule has 2 aliphatic rings. The lowest BCUT2D eigenvalue weighted by Gasteiger charge is -2.33. The number of rotatable bonds is 11. The van der Waals surface area contributed by atoms with Crippen LogP contribution >= 0.6 is 0 Å². The highest BCUT2D eigenvalue weighted by Gasteiger charge is 2.36. The lowest BCUT2D eigenvalue weighted by atomic mass is 9.94. The molecule has 1 heterocycles. The highest BCUT2D eigenvalue weighted by Crippen LogP contribution is 2.42. The molecule has 2 amide bonds. The maximum Gasteiger partial charge on any atom is 0.265 e. The van der Waals surface area contributed by atoms with E-state index in [1.165, 1.54) is 15.3 Å². The van der Waals surface area contributed by atoms with Crippen molar-refractivity contribution in [1.82, 2.24) is 10.2 Å². The summed E-state index contributed by atoms with van der Waals surface area (Å²) in [5.74, 6) is -1.03. The second-order valence-corrected chi connectivity index (χ2v) is 13.8. The first kappa shape index (κ1) is 30.8. The SMILES string of the molecule is O=C(NC1CCCCC1)C(Cc1ccccc1)N(Cc1ccccc1F)C(=O)CCCN1c2cccc3cccc(c23)S1(=O)=O. The van der Waals surface area contributed by atoms with Gasteiger partial charge in [-0.25, -0.2) is 12.8 Å². The molecule has 0 spiro atoms. The second kappa shape index (κ2) is 13.4. The predicted molar refractivity (Wildman–Crippen MR) is 174 cm³/mol. The summed E-state index contributed by atoms with van der Waals surface area (Å²) in [4.78, 5) is 29.8. The van der Waals surface area contributed by atoms with Gasteiger partial charge in [0.15, 0.2) is 0 Å². The number of carbonyl (C=O) groups is 2. The molecule has 1 atom stereocenters. The molecular weight excluding hydrogens is 589 g/mol. The summed E-state index contributed by atoms with van der Waals surface area (Å²) < 4.78 is 43.3. The number of hydrogen-bond donors (Lipinski definition) is 1. The summed E-state index contributed by atoms with van der Waals surface area (Å²) in [6.07, 6.45) is 5.52. The van der Waals surface area contributed by atoms with Crippen LogP contribution < -0.4 is 9.62 Å². The molecule has 1 N–H and O–H groups in total. The van der Waals surface area contributed by atoms with Crippen molar-refractivity contribution in [3.8, 4) is 0 Å². The van der Waals surface area contributed by atoms with E-state index in [1.807, 2.05) is 48.5 Å². The molecule has 0 bridgehead atoms. The van der Waals surface area contributed by atoms with Gasteiger partial charge >= 0.3 is 0 Å². The number of nitrogens with one attached hydrogen (secondary N) is 1. The maximum atomic E-state index is 14.9. The first-order chi connectivity index (χ1) is 21.8. The van der Waals surface area contributed by atoms with Gasteiger partial charge in [0, 0.05) is 42.9 Å². The van der Waals surface area contributed by atoms with Crippen LogP contribution in [0.25, 0.3) is 10.8 Å². The molecule has 9 heteroatoms. The highest BCUT2D eigenvalue weighted by molar-refractivity contribution is 7.93. The Bertz CT molecular complexity index is 1790. The minimum atomic E-state index is -3.76. The van der Waals surface area contributed by atoms with Gasteiger partial charge in [0.1, 0.15) is 11.9 Å². The van der Waals surface area contributed by atoms with Crippen molar-refractivity contribution in [2.75, 3.05) is 10.8 Å². The fourth-order valence-corrected chi connectivity index (χ4v) is 8.37. The van der Waals surface area contributed by atoms with Crippen LogP contribution in [0.15, 0.2) is 95.9 Å². The average molecular weight is 628 g/mol. The fourth-order valence-electron chi connectivity index (χ4n) is 6.62. The van der Waals surface area contributed by atoms with Crippen LogP contribution in [-0.4, -0.2) is 43.8 Å². The maximum absolute atomic E-state index is 14.9. The Labute approximate surface area is 264 Å². The third kappa shape index (κ3) is 6.59. The zero-order valence-corrected chi connectivity index (χ0v) is 26.0. The van der Waals surface area contributed by atoms with Crippen molar-refractivity contribution in [1.29, 1.82) is 0 Å². The Morgan fingerprint density at radius 1 is 0.889 bits per heavy atom. The minimum Gasteiger partial charge on any atom is -0.352 e. The summed E-state index contributed by atoms with van der Waals surface area (Å²) in [7, 11) is -3.76. The molecule has 1 saturated carbocycles. The summed E-state index contributed by atoms with van der Waals surface area (Å²) in [6.45, 7) is 0.0287. The summed E-state index contributed by atoms with van der Waals surface area (Å²) >= 11 is 0. The Morgan fingerprint density at radius 2 is 1.60 bits per heavy atom. The Hall–Kier alpha value is -4.24. The first-order valence-corrected chi connectivity index (χ1v) is 17.2. The van der Waals surface area contributed by atoms with Crippen LogP contribution in [0.1, 0.15) is 56.1 Å². The quantitative estimate of drug-likeness (QED) is 0.210. The number of benzene rings is 4. The van der Waals surface area contributed by atoms with E-state index in [1.54, 1.807) is 36.4 Å². The van der Waals surface area contributed by atoms with E-state index in [4.69, 9.17) is 0 Å². The van der Waals surface area contributed by atoms with Gasteiger partial charge in [-0.1, -0.05) is 92.1 Å². The summed E-state index contributed by atoms with van der Waals surface area (Å²) in [5, 5.41) is 4.73. The molecule has 1 fully saturated rings. The van der Waals surface area contributed by atoms with Crippen LogP contribution in [0, 0.1) is 5.82 Å². The Balaban J connectivity index is 1.25. The minimum absolute atomic E-state index is 0.00517. The van der Waals surface area contributed by atoms with Gasteiger partial charge in [0.2, 0.25) is 11.8 Å². The van der Waals surface area contributed by atoms with Gasteiger partial charge in [-0.2, -0.15) is 0 Å².